The number of aliphatic hydroxyl groups is 3. The van der Waals surface area contributed by atoms with E-state index in [0.29, 0.717) is 12.8 Å². The van der Waals surface area contributed by atoms with Gasteiger partial charge in [-0.1, -0.05) is 256 Å². The molecule has 372 valence electrons. The third-order valence-corrected chi connectivity index (χ3v) is 13.2. The van der Waals surface area contributed by atoms with E-state index in [9.17, 15) is 20.1 Å². The minimum absolute atomic E-state index is 0.155. The Labute approximate surface area is 394 Å². The van der Waals surface area contributed by atoms with Gasteiger partial charge < -0.3 is 20.6 Å². The van der Waals surface area contributed by atoms with Gasteiger partial charge in [0.05, 0.1) is 18.8 Å². The first kappa shape index (κ1) is 61.6. The molecule has 0 aromatic carbocycles. The lowest BCUT2D eigenvalue weighted by Crippen LogP contribution is -2.50. The molecule has 0 bridgehead atoms. The van der Waals surface area contributed by atoms with E-state index in [2.05, 4.69) is 55.6 Å². The summed E-state index contributed by atoms with van der Waals surface area (Å²) in [6.45, 7) is 4.18. The zero-order valence-electron chi connectivity index (χ0n) is 42.5. The number of carbonyl (C=O) groups is 1. The van der Waals surface area contributed by atoms with Gasteiger partial charge in [-0.3, -0.25) is 4.79 Å². The van der Waals surface area contributed by atoms with Gasteiger partial charge in [-0.15, -0.1) is 0 Å². The molecule has 0 aliphatic carbocycles. The van der Waals surface area contributed by atoms with Crippen LogP contribution in [0.15, 0.2) is 36.5 Å². The van der Waals surface area contributed by atoms with Crippen LogP contribution in [0.1, 0.15) is 303 Å². The van der Waals surface area contributed by atoms with Crippen LogP contribution < -0.4 is 5.32 Å². The molecule has 63 heavy (non-hydrogen) atoms. The number of unbranched alkanes of at least 4 members (excludes halogenated alkanes) is 38. The van der Waals surface area contributed by atoms with E-state index in [1.807, 2.05) is 0 Å². The second kappa shape index (κ2) is 53.2. The van der Waals surface area contributed by atoms with Gasteiger partial charge in [0, 0.05) is 6.42 Å². The maximum Gasteiger partial charge on any atom is 0.220 e. The molecule has 0 aromatic rings. The number of amides is 1. The van der Waals surface area contributed by atoms with E-state index in [1.165, 1.54) is 231 Å². The highest BCUT2D eigenvalue weighted by molar-refractivity contribution is 5.76. The smallest absolute Gasteiger partial charge is 0.220 e. The first-order chi connectivity index (χ1) is 31.1. The normalized spacial score (nSPS) is 13.5. The lowest BCUT2D eigenvalue weighted by atomic mass is 10.0. The van der Waals surface area contributed by atoms with Gasteiger partial charge in [-0.25, -0.2) is 0 Å². The van der Waals surface area contributed by atoms with Gasteiger partial charge >= 0.3 is 0 Å². The van der Waals surface area contributed by atoms with Crippen molar-refractivity contribution < 1.29 is 20.1 Å². The quantitative estimate of drug-likeness (QED) is 0.0362. The van der Waals surface area contributed by atoms with Crippen molar-refractivity contribution in [3.63, 3.8) is 0 Å². The Kier molecular flexibility index (Phi) is 52.0. The Bertz CT molecular complexity index is 978. The zero-order chi connectivity index (χ0) is 45.8. The minimum Gasteiger partial charge on any atom is -0.394 e. The van der Waals surface area contributed by atoms with Gasteiger partial charge in [-0.2, -0.15) is 0 Å². The van der Waals surface area contributed by atoms with Crippen LogP contribution in [-0.4, -0.2) is 46.1 Å². The maximum atomic E-state index is 12.5. The van der Waals surface area contributed by atoms with Crippen LogP contribution in [0.4, 0.5) is 0 Å². The summed E-state index contributed by atoms with van der Waals surface area (Å²) in [5, 5.41) is 33.6. The fourth-order valence-electron chi connectivity index (χ4n) is 8.82. The number of hydrogen-bond acceptors (Lipinski definition) is 4. The van der Waals surface area contributed by atoms with Crippen molar-refractivity contribution in [2.24, 2.45) is 0 Å². The van der Waals surface area contributed by atoms with E-state index >= 15 is 0 Å². The molecule has 0 spiro atoms. The largest absolute Gasteiger partial charge is 0.394 e. The Hall–Kier alpha value is -1.43. The molecule has 3 atom stereocenters. The Morgan fingerprint density at radius 1 is 0.381 bits per heavy atom. The van der Waals surface area contributed by atoms with Crippen molar-refractivity contribution in [3.8, 4) is 0 Å². The van der Waals surface area contributed by atoms with Gasteiger partial charge in [0.1, 0.15) is 6.10 Å². The predicted octanol–water partition coefficient (Wildman–Crippen LogP) is 17.4. The molecule has 0 rings (SSSR count). The van der Waals surface area contributed by atoms with E-state index < -0.39 is 18.2 Å². The summed E-state index contributed by atoms with van der Waals surface area (Å²) in [6, 6.07) is -0.831. The Morgan fingerprint density at radius 3 is 0.968 bits per heavy atom. The number of aliphatic hydroxyl groups excluding tert-OH is 3. The van der Waals surface area contributed by atoms with E-state index in [-0.39, 0.29) is 12.5 Å². The summed E-state index contributed by atoms with van der Waals surface area (Å²) in [5.41, 5.74) is 0. The number of hydrogen-bond donors (Lipinski definition) is 4. The van der Waals surface area contributed by atoms with Crippen LogP contribution in [0.5, 0.6) is 0 Å². The van der Waals surface area contributed by atoms with Crippen LogP contribution in [-0.2, 0) is 4.79 Å². The fourth-order valence-corrected chi connectivity index (χ4v) is 8.82. The first-order valence-corrected chi connectivity index (χ1v) is 28.3. The molecule has 0 heterocycles. The highest BCUT2D eigenvalue weighted by Gasteiger charge is 2.26. The van der Waals surface area contributed by atoms with Gasteiger partial charge in [0.15, 0.2) is 0 Å². The lowest BCUT2D eigenvalue weighted by Gasteiger charge is -2.26. The van der Waals surface area contributed by atoms with Crippen LogP contribution in [0.3, 0.4) is 0 Å². The molecule has 5 nitrogen and oxygen atoms in total. The van der Waals surface area contributed by atoms with E-state index in [4.69, 9.17) is 0 Å². The van der Waals surface area contributed by atoms with E-state index in [0.717, 1.165) is 44.9 Å². The first-order valence-electron chi connectivity index (χ1n) is 28.3. The average molecular weight is 887 g/mol. The molecule has 5 heteroatoms. The second-order valence-electron chi connectivity index (χ2n) is 19.5. The minimum atomic E-state index is -1.17. The molecule has 0 aliphatic rings. The summed E-state index contributed by atoms with van der Waals surface area (Å²) in [7, 11) is 0. The molecule has 0 saturated heterocycles. The van der Waals surface area contributed by atoms with Crippen LogP contribution in [0.25, 0.3) is 0 Å². The number of rotatable bonds is 52. The molecule has 3 unspecified atom stereocenters. The summed E-state index contributed by atoms with van der Waals surface area (Å²) >= 11 is 0. The van der Waals surface area contributed by atoms with Gasteiger partial charge in [0.2, 0.25) is 5.91 Å². The predicted molar refractivity (Wildman–Crippen MR) is 278 cm³/mol. The average Bonchev–Trinajstić information content (AvgIpc) is 3.29. The van der Waals surface area contributed by atoms with Crippen molar-refractivity contribution >= 4 is 5.91 Å². The van der Waals surface area contributed by atoms with Crippen molar-refractivity contribution in [1.82, 2.24) is 5.32 Å². The zero-order valence-corrected chi connectivity index (χ0v) is 42.5. The topological polar surface area (TPSA) is 89.8 Å². The number of nitrogens with one attached hydrogen (secondary N) is 1. The van der Waals surface area contributed by atoms with Crippen LogP contribution in [0.2, 0.25) is 0 Å². The Balaban J connectivity index is 3.51. The molecule has 0 saturated carbocycles. The molecule has 4 N–H and O–H groups in total. The van der Waals surface area contributed by atoms with Crippen LogP contribution >= 0.6 is 0 Å². The van der Waals surface area contributed by atoms with Crippen molar-refractivity contribution in [1.29, 1.82) is 0 Å². The second-order valence-corrected chi connectivity index (χ2v) is 19.5. The highest BCUT2D eigenvalue weighted by Crippen LogP contribution is 2.17. The molecule has 0 aliphatic heterocycles. The summed E-state index contributed by atoms with van der Waals surface area (Å²) in [4.78, 5) is 12.5. The third kappa shape index (κ3) is 48.3. The molecule has 0 fully saturated rings. The molecular formula is C58H111NO4. The molecular weight excluding hydrogens is 775 g/mol. The van der Waals surface area contributed by atoms with Gasteiger partial charge in [0.25, 0.3) is 0 Å². The molecule has 1 amide bonds. The standard InChI is InChI=1S/C58H111NO4/c1-3-5-7-9-11-13-15-17-19-21-22-23-24-25-26-27-28-29-30-31-32-33-34-35-36-37-39-41-43-45-47-49-51-53-57(62)59-55(54-60)58(63)56(61)52-50-48-46-44-42-40-38-20-18-16-14-12-10-8-6-4-2/h20,25-26,38,44,46,55-56,58,60-61,63H,3-19,21-24,27-37,39-43,45,47-54H2,1-2H3,(H,59,62)/b26-25-,38-20+,46-44+. The van der Waals surface area contributed by atoms with Crippen molar-refractivity contribution in [3.05, 3.63) is 36.5 Å². The SMILES string of the molecule is CCCCCCCCC/C=C/CC/C=C/CCCC(O)C(O)C(CO)NC(=O)CCCCCCCCCCCCCCCCCCC/C=C\CCCCCCCCCCCCCC. The number of allylic oxidation sites excluding steroid dienone is 6. The maximum absolute atomic E-state index is 12.5. The van der Waals surface area contributed by atoms with Crippen LogP contribution in [0, 0.1) is 0 Å². The Morgan fingerprint density at radius 2 is 0.651 bits per heavy atom. The monoisotopic (exact) mass is 886 g/mol. The fraction of sp³-hybridized carbons (Fsp3) is 0.879. The van der Waals surface area contributed by atoms with Gasteiger partial charge in [-0.05, 0) is 77.0 Å². The van der Waals surface area contributed by atoms with Crippen molar-refractivity contribution in [2.75, 3.05) is 6.61 Å². The van der Waals surface area contributed by atoms with Crippen molar-refractivity contribution in [2.45, 2.75) is 321 Å². The third-order valence-electron chi connectivity index (χ3n) is 13.2. The lowest BCUT2D eigenvalue weighted by molar-refractivity contribution is -0.124. The molecule has 0 radical (unpaired) electrons. The number of carbonyl (C=O) groups excluding carboxylic acids is 1. The summed E-state index contributed by atoms with van der Waals surface area (Å²) in [6.07, 6.45) is 68.8. The molecule has 0 aromatic heterocycles. The highest BCUT2D eigenvalue weighted by atomic mass is 16.3. The summed E-state index contributed by atoms with van der Waals surface area (Å²) in [5.74, 6) is -0.155. The summed E-state index contributed by atoms with van der Waals surface area (Å²) < 4.78 is 0. The van der Waals surface area contributed by atoms with E-state index in [1.54, 1.807) is 0 Å².